The molecule has 3 aromatic rings. The second-order valence-electron chi connectivity index (χ2n) is 6.69. The van der Waals surface area contributed by atoms with E-state index in [1.807, 2.05) is 48.5 Å². The Balaban J connectivity index is 1.59. The largest absolute Gasteiger partial charge is 0.439 e. The van der Waals surface area contributed by atoms with E-state index in [0.717, 1.165) is 42.0 Å². The van der Waals surface area contributed by atoms with E-state index in [2.05, 4.69) is 14.6 Å². The van der Waals surface area contributed by atoms with Gasteiger partial charge in [-0.2, -0.15) is 0 Å². The van der Waals surface area contributed by atoms with Crippen molar-refractivity contribution in [2.45, 2.75) is 19.4 Å². The predicted molar refractivity (Wildman–Crippen MR) is 106 cm³/mol. The van der Waals surface area contributed by atoms with Crippen LogP contribution in [-0.4, -0.2) is 26.2 Å². The molecular formula is C20H21N3O3S. The average Bonchev–Trinajstić information content (AvgIpc) is 3.11. The second kappa shape index (κ2) is 7.08. The normalized spacial score (nSPS) is 14.0. The van der Waals surface area contributed by atoms with Gasteiger partial charge in [-0.3, -0.25) is 4.72 Å². The number of hydrogen-bond donors (Lipinski definition) is 1. The Labute approximate surface area is 158 Å². The lowest BCUT2D eigenvalue weighted by Crippen LogP contribution is -2.29. The molecule has 0 spiro atoms. The molecule has 1 aliphatic rings. The summed E-state index contributed by atoms with van der Waals surface area (Å²) in [5.41, 5.74) is 3.69. The molecule has 0 unspecified atom stereocenters. The molecule has 27 heavy (non-hydrogen) atoms. The Morgan fingerprint density at radius 1 is 1.15 bits per heavy atom. The highest BCUT2D eigenvalue weighted by molar-refractivity contribution is 7.92. The maximum absolute atomic E-state index is 11.6. The van der Waals surface area contributed by atoms with E-state index in [1.54, 1.807) is 6.20 Å². The molecule has 7 heteroatoms. The third-order valence-electron chi connectivity index (χ3n) is 4.58. The molecule has 1 N–H and O–H groups in total. The van der Waals surface area contributed by atoms with Crippen LogP contribution in [0, 0.1) is 0 Å². The quantitative estimate of drug-likeness (QED) is 0.728. The number of oxazole rings is 1. The Bertz CT molecular complexity index is 1050. The molecule has 2 aromatic carbocycles. The summed E-state index contributed by atoms with van der Waals surface area (Å²) in [4.78, 5) is 6.61. The van der Waals surface area contributed by atoms with Crippen LogP contribution in [0.25, 0.3) is 11.3 Å². The number of nitrogens with zero attached hydrogens (tertiary/aromatic N) is 2. The number of fused-ring (bicyclic) bond motifs is 1. The molecule has 0 aliphatic carbocycles. The number of anilines is 2. The smallest absolute Gasteiger partial charge is 0.229 e. The summed E-state index contributed by atoms with van der Waals surface area (Å²) in [6, 6.07) is 15.6. The van der Waals surface area contributed by atoms with Crippen molar-refractivity contribution in [2.75, 3.05) is 22.4 Å². The van der Waals surface area contributed by atoms with Crippen molar-refractivity contribution in [2.24, 2.45) is 0 Å². The highest BCUT2D eigenvalue weighted by Gasteiger charge is 2.22. The molecule has 4 rings (SSSR count). The van der Waals surface area contributed by atoms with E-state index >= 15 is 0 Å². The lowest BCUT2D eigenvalue weighted by molar-refractivity contribution is 0.493. The molecule has 0 radical (unpaired) electrons. The molecule has 140 valence electrons. The molecule has 1 aliphatic heterocycles. The summed E-state index contributed by atoms with van der Waals surface area (Å²) in [6.45, 7) is 1.42. The minimum atomic E-state index is -3.31. The molecule has 0 saturated carbocycles. The topological polar surface area (TPSA) is 75.4 Å². The van der Waals surface area contributed by atoms with Crippen LogP contribution in [0.4, 0.5) is 11.4 Å². The number of rotatable bonds is 5. The predicted octanol–water partition coefficient (Wildman–Crippen LogP) is 3.67. The number of nitrogens with one attached hydrogen (secondary N) is 1. The van der Waals surface area contributed by atoms with Crippen molar-refractivity contribution in [1.82, 2.24) is 4.98 Å². The van der Waals surface area contributed by atoms with Gasteiger partial charge in [0.2, 0.25) is 15.9 Å². The van der Waals surface area contributed by atoms with Crippen LogP contribution in [0.15, 0.2) is 59.1 Å². The van der Waals surface area contributed by atoms with Gasteiger partial charge in [-0.05, 0) is 30.5 Å². The van der Waals surface area contributed by atoms with Crippen LogP contribution >= 0.6 is 0 Å². The Morgan fingerprint density at radius 3 is 2.74 bits per heavy atom. The zero-order chi connectivity index (χ0) is 18.9. The zero-order valence-electron chi connectivity index (χ0n) is 15.1. The summed E-state index contributed by atoms with van der Waals surface area (Å²) in [5, 5.41) is 0. The zero-order valence-corrected chi connectivity index (χ0v) is 15.9. The lowest BCUT2D eigenvalue weighted by atomic mass is 10.00. The van der Waals surface area contributed by atoms with E-state index < -0.39 is 10.0 Å². The van der Waals surface area contributed by atoms with Crippen molar-refractivity contribution in [3.63, 3.8) is 0 Å². The lowest BCUT2D eigenvalue weighted by Gasteiger charge is -2.31. The third-order valence-corrected chi connectivity index (χ3v) is 5.17. The van der Waals surface area contributed by atoms with E-state index in [4.69, 9.17) is 4.42 Å². The van der Waals surface area contributed by atoms with Gasteiger partial charge in [0.1, 0.15) is 0 Å². The van der Waals surface area contributed by atoms with Crippen LogP contribution < -0.4 is 9.62 Å². The Hall–Kier alpha value is -2.80. The van der Waals surface area contributed by atoms with Gasteiger partial charge < -0.3 is 9.32 Å². The van der Waals surface area contributed by atoms with Crippen LogP contribution in [0.1, 0.15) is 17.9 Å². The molecule has 1 aromatic heterocycles. The van der Waals surface area contributed by atoms with Crippen LogP contribution in [0.2, 0.25) is 0 Å². The fourth-order valence-electron chi connectivity index (χ4n) is 3.44. The van der Waals surface area contributed by atoms with E-state index in [0.29, 0.717) is 18.1 Å². The van der Waals surface area contributed by atoms with E-state index in [1.165, 1.54) is 6.26 Å². The van der Waals surface area contributed by atoms with Crippen molar-refractivity contribution >= 4 is 21.4 Å². The second-order valence-corrected chi connectivity index (χ2v) is 8.44. The molecule has 0 amide bonds. The highest BCUT2D eigenvalue weighted by Crippen LogP contribution is 2.34. The maximum Gasteiger partial charge on any atom is 0.229 e. The molecule has 0 bridgehead atoms. The summed E-state index contributed by atoms with van der Waals surface area (Å²) < 4.78 is 31.9. The number of aromatic nitrogens is 1. The van der Waals surface area contributed by atoms with Crippen molar-refractivity contribution < 1.29 is 12.8 Å². The minimum absolute atomic E-state index is 0.544. The Morgan fingerprint density at radius 2 is 1.96 bits per heavy atom. The summed E-state index contributed by atoms with van der Waals surface area (Å²) in [7, 11) is -3.31. The molecule has 6 nitrogen and oxygen atoms in total. The van der Waals surface area contributed by atoms with E-state index in [-0.39, 0.29) is 0 Å². The van der Waals surface area contributed by atoms with Gasteiger partial charge in [-0.25, -0.2) is 13.4 Å². The first-order chi connectivity index (χ1) is 13.0. The van der Waals surface area contributed by atoms with Gasteiger partial charge in [-0.15, -0.1) is 0 Å². The SMILES string of the molecule is CS(=O)(=O)Nc1cccc2c1CCCN2Cc1ncc(-c2ccccc2)o1. The van der Waals surface area contributed by atoms with Crippen molar-refractivity contribution in [1.29, 1.82) is 0 Å². The van der Waals surface area contributed by atoms with Gasteiger partial charge in [0, 0.05) is 17.8 Å². The number of hydrogen-bond acceptors (Lipinski definition) is 5. The monoisotopic (exact) mass is 383 g/mol. The summed E-state index contributed by atoms with van der Waals surface area (Å²) in [5.74, 6) is 1.39. The van der Waals surface area contributed by atoms with Crippen molar-refractivity contribution in [3.05, 3.63) is 66.2 Å². The standard InChI is InChI=1S/C20H21N3O3S/c1-27(24,25)22-17-10-5-11-18-16(17)9-6-12-23(18)14-20-21-13-19(26-20)15-7-3-2-4-8-15/h2-5,7-8,10-11,13,22H,6,9,12,14H2,1H3. The summed E-state index contributed by atoms with van der Waals surface area (Å²) >= 11 is 0. The molecular weight excluding hydrogens is 362 g/mol. The first kappa shape index (κ1) is 17.6. The Kier molecular flexibility index (Phi) is 4.61. The van der Waals surface area contributed by atoms with Gasteiger partial charge in [-0.1, -0.05) is 36.4 Å². The molecule has 0 fully saturated rings. The van der Waals surface area contributed by atoms with Crippen LogP contribution in [0.5, 0.6) is 0 Å². The van der Waals surface area contributed by atoms with Gasteiger partial charge in [0.25, 0.3) is 0 Å². The van der Waals surface area contributed by atoms with Crippen molar-refractivity contribution in [3.8, 4) is 11.3 Å². The first-order valence-corrected chi connectivity index (χ1v) is 10.7. The first-order valence-electron chi connectivity index (χ1n) is 8.84. The van der Waals surface area contributed by atoms with Crippen LogP contribution in [-0.2, 0) is 23.0 Å². The highest BCUT2D eigenvalue weighted by atomic mass is 32.2. The van der Waals surface area contributed by atoms with Gasteiger partial charge in [0.05, 0.1) is 24.7 Å². The minimum Gasteiger partial charge on any atom is -0.439 e. The maximum atomic E-state index is 11.6. The third kappa shape index (κ3) is 3.98. The fraction of sp³-hybridized carbons (Fsp3) is 0.250. The number of sulfonamides is 1. The van der Waals surface area contributed by atoms with E-state index in [9.17, 15) is 8.42 Å². The van der Waals surface area contributed by atoms with Gasteiger partial charge in [0.15, 0.2) is 5.76 Å². The number of benzene rings is 2. The molecule has 0 atom stereocenters. The average molecular weight is 383 g/mol. The van der Waals surface area contributed by atoms with Crippen LogP contribution in [0.3, 0.4) is 0 Å². The molecule has 2 heterocycles. The van der Waals surface area contributed by atoms with Gasteiger partial charge >= 0.3 is 0 Å². The summed E-state index contributed by atoms with van der Waals surface area (Å²) in [6.07, 6.45) is 4.70. The fourth-order valence-corrected chi connectivity index (χ4v) is 4.03. The molecule has 0 saturated heterocycles.